The Hall–Kier alpha value is -1.62. The van der Waals surface area contributed by atoms with Gasteiger partial charge in [0.1, 0.15) is 0 Å². The summed E-state index contributed by atoms with van der Waals surface area (Å²) in [6.45, 7) is 5.11. The molecule has 2 heterocycles. The van der Waals surface area contributed by atoms with Crippen molar-refractivity contribution in [2.75, 3.05) is 0 Å². The first-order valence-electron chi connectivity index (χ1n) is 13.8. The zero-order valence-electron chi connectivity index (χ0n) is 21.8. The molecular formula is C32H40N2P2. The normalized spacial score (nSPS) is 27.7. The summed E-state index contributed by atoms with van der Waals surface area (Å²) in [5, 5.41) is -0.0913. The van der Waals surface area contributed by atoms with Crippen LogP contribution < -0.4 is 0 Å². The van der Waals surface area contributed by atoms with Gasteiger partial charge in [-0.2, -0.15) is 0 Å². The topological polar surface area (TPSA) is 25.8 Å². The van der Waals surface area contributed by atoms with E-state index in [9.17, 15) is 0 Å². The molecule has 36 heavy (non-hydrogen) atoms. The molecule has 4 aliphatic rings. The predicted molar refractivity (Wildman–Crippen MR) is 156 cm³/mol. The maximum Gasteiger partial charge on any atom is 0.0935 e. The van der Waals surface area contributed by atoms with Crippen LogP contribution in [0.4, 0.5) is 0 Å². The minimum Gasteiger partial charge on any atom is -0.260 e. The molecule has 2 unspecified atom stereocenters. The van der Waals surface area contributed by atoms with Crippen LogP contribution in [0.1, 0.15) is 81.3 Å². The van der Waals surface area contributed by atoms with Crippen LogP contribution in [0, 0.1) is 23.2 Å². The van der Waals surface area contributed by atoms with E-state index < -0.39 is 5.16 Å². The quantitative estimate of drug-likeness (QED) is 0.283. The highest BCUT2D eigenvalue weighted by Crippen LogP contribution is 2.63. The number of pyridine rings is 2. The van der Waals surface area contributed by atoms with E-state index in [1.807, 2.05) is 24.5 Å². The zero-order chi connectivity index (χ0) is 24.8. The van der Waals surface area contributed by atoms with Crippen LogP contribution >= 0.6 is 17.8 Å². The Balaban J connectivity index is 1.27. The Kier molecular flexibility index (Phi) is 6.59. The van der Waals surface area contributed by atoms with Gasteiger partial charge in [0.25, 0.3) is 0 Å². The Morgan fingerprint density at radius 2 is 1.33 bits per heavy atom. The number of nitrogens with zero attached hydrogens (tertiary/aromatic N) is 2. The number of hydrogen-bond acceptors (Lipinski definition) is 2. The molecule has 4 aliphatic carbocycles. The molecule has 2 atom stereocenters. The molecule has 0 aliphatic heterocycles. The molecule has 4 fully saturated rings. The van der Waals surface area contributed by atoms with E-state index >= 15 is 0 Å². The van der Waals surface area contributed by atoms with Crippen molar-refractivity contribution in [2.45, 2.75) is 75.3 Å². The summed E-state index contributed by atoms with van der Waals surface area (Å²) >= 11 is 0. The second-order valence-corrected chi connectivity index (χ2v) is 15.7. The van der Waals surface area contributed by atoms with Crippen LogP contribution in [0.2, 0.25) is 0 Å². The number of hydrogen-bond donors (Lipinski definition) is 0. The molecule has 4 heteroatoms. The van der Waals surface area contributed by atoms with Gasteiger partial charge in [0.05, 0.1) is 16.5 Å². The van der Waals surface area contributed by atoms with E-state index in [4.69, 9.17) is 9.97 Å². The Bertz CT molecular complexity index is 1120. The minimum atomic E-state index is -0.465. The maximum atomic E-state index is 4.82. The number of benzene rings is 1. The van der Waals surface area contributed by atoms with Gasteiger partial charge in [-0.15, -0.1) is 17.8 Å². The van der Waals surface area contributed by atoms with Crippen LogP contribution in [0.5, 0.6) is 0 Å². The molecule has 3 aromatic rings. The average molecular weight is 515 g/mol. The molecule has 4 bridgehead atoms. The second-order valence-electron chi connectivity index (χ2n) is 12.7. The van der Waals surface area contributed by atoms with Crippen molar-refractivity contribution >= 4 is 17.8 Å². The van der Waals surface area contributed by atoms with Gasteiger partial charge in [-0.3, -0.25) is 9.97 Å². The highest BCUT2D eigenvalue weighted by Gasteiger charge is 2.52. The molecule has 0 N–H and O–H groups in total. The van der Waals surface area contributed by atoms with Gasteiger partial charge < -0.3 is 0 Å². The van der Waals surface area contributed by atoms with E-state index in [2.05, 4.69) is 71.6 Å². The Morgan fingerprint density at radius 3 is 1.86 bits per heavy atom. The Morgan fingerprint density at radius 1 is 0.806 bits per heavy atom. The van der Waals surface area contributed by atoms with Gasteiger partial charge in [0.2, 0.25) is 0 Å². The van der Waals surface area contributed by atoms with E-state index in [0.717, 1.165) is 43.9 Å². The lowest BCUT2D eigenvalue weighted by Gasteiger charge is -2.58. The molecule has 2 aromatic heterocycles. The fourth-order valence-electron chi connectivity index (χ4n) is 8.50. The molecule has 188 valence electrons. The van der Waals surface area contributed by atoms with Gasteiger partial charge in [-0.05, 0) is 115 Å². The first-order valence-corrected chi connectivity index (χ1v) is 15.6. The summed E-state index contributed by atoms with van der Waals surface area (Å²) < 4.78 is 0. The highest BCUT2D eigenvalue weighted by atomic mass is 31.1. The molecule has 0 spiro atoms. The first-order chi connectivity index (χ1) is 17.4. The molecule has 0 amide bonds. The second kappa shape index (κ2) is 9.60. The van der Waals surface area contributed by atoms with Crippen LogP contribution in [0.25, 0.3) is 0 Å². The largest absolute Gasteiger partial charge is 0.260 e. The minimum absolute atomic E-state index is 0.373. The fraction of sp³-hybridized carbons (Fsp3) is 0.500. The Labute approximate surface area is 221 Å². The lowest BCUT2D eigenvalue weighted by molar-refractivity contribution is -0.0609. The molecule has 7 rings (SSSR count). The third-order valence-corrected chi connectivity index (χ3v) is 11.9. The molecular weight excluding hydrogens is 474 g/mol. The highest BCUT2D eigenvalue weighted by molar-refractivity contribution is 7.39. The summed E-state index contributed by atoms with van der Waals surface area (Å²) in [4.78, 5) is 9.63. The smallest absolute Gasteiger partial charge is 0.0935 e. The van der Waals surface area contributed by atoms with Crippen molar-refractivity contribution < 1.29 is 0 Å². The number of rotatable bonds is 8. The lowest BCUT2D eigenvalue weighted by atomic mass is 9.48. The average Bonchev–Trinajstić information content (AvgIpc) is 2.87. The van der Waals surface area contributed by atoms with E-state index in [1.165, 1.54) is 56.1 Å². The summed E-state index contributed by atoms with van der Waals surface area (Å²) in [6.07, 6.45) is 15.5. The van der Waals surface area contributed by atoms with Gasteiger partial charge in [0, 0.05) is 12.4 Å². The van der Waals surface area contributed by atoms with Gasteiger partial charge in [-0.1, -0.05) is 50.2 Å². The molecule has 2 nitrogen and oxygen atoms in total. The summed E-state index contributed by atoms with van der Waals surface area (Å²) in [5.74, 6) is 3.10. The maximum absolute atomic E-state index is 4.82. The van der Waals surface area contributed by atoms with Gasteiger partial charge >= 0.3 is 0 Å². The van der Waals surface area contributed by atoms with Crippen LogP contribution in [0.3, 0.4) is 0 Å². The lowest BCUT2D eigenvalue weighted by Crippen LogP contribution is -2.48. The van der Waals surface area contributed by atoms with Crippen LogP contribution in [-0.2, 0) is 11.3 Å². The van der Waals surface area contributed by atoms with Crippen molar-refractivity contribution in [3.63, 3.8) is 0 Å². The summed E-state index contributed by atoms with van der Waals surface area (Å²) in [5.41, 5.74) is 5.43. The van der Waals surface area contributed by atoms with E-state index in [-0.39, 0.29) is 0 Å². The van der Waals surface area contributed by atoms with Crippen LogP contribution in [0.15, 0.2) is 73.1 Å². The first kappa shape index (κ1) is 24.7. The van der Waals surface area contributed by atoms with Crippen molar-refractivity contribution in [1.82, 2.24) is 9.97 Å². The molecule has 1 aromatic carbocycles. The monoisotopic (exact) mass is 514 g/mol. The third-order valence-electron chi connectivity index (χ3n) is 9.32. The van der Waals surface area contributed by atoms with Crippen molar-refractivity contribution in [3.05, 3.63) is 95.6 Å². The zero-order valence-corrected chi connectivity index (χ0v) is 23.9. The summed E-state index contributed by atoms with van der Waals surface area (Å²) in [7, 11) is 4.05. The van der Waals surface area contributed by atoms with E-state index in [1.54, 1.807) is 0 Å². The molecule has 0 radical (unpaired) electrons. The predicted octanol–water partition coefficient (Wildman–Crippen LogP) is 8.21. The fourth-order valence-corrected chi connectivity index (χ4v) is 10.6. The third kappa shape index (κ3) is 4.70. The van der Waals surface area contributed by atoms with E-state index in [0.29, 0.717) is 10.6 Å². The van der Waals surface area contributed by atoms with Gasteiger partial charge in [-0.25, -0.2) is 0 Å². The molecule has 4 saturated carbocycles. The van der Waals surface area contributed by atoms with Crippen molar-refractivity contribution in [3.8, 4) is 0 Å². The summed E-state index contributed by atoms with van der Waals surface area (Å²) in [6, 6.07) is 21.4. The van der Waals surface area contributed by atoms with Crippen LogP contribution in [-0.4, -0.2) is 15.1 Å². The standard InChI is InChI=1S/C32H40N2P2/c1-30(2,22-31-18-23-15-24(19-31)17-25(16-23)20-31)36-21-26-9-3-4-10-27(26)32(35,28-11-5-7-13-33-28)29-12-6-8-14-34-29/h3-14,23-25,36H,15-22,35H2,1-2H3. The SMILES string of the molecule is CC(C)(CC12CC3CC(CC(C3)C1)C2)PCc1ccccc1C(P)(c1ccccn1)c1ccccn1. The van der Waals surface area contributed by atoms with Crippen molar-refractivity contribution in [1.29, 1.82) is 0 Å². The van der Waals surface area contributed by atoms with Gasteiger partial charge in [0.15, 0.2) is 0 Å². The molecule has 0 saturated heterocycles. The number of aromatic nitrogens is 2. The van der Waals surface area contributed by atoms with Crippen molar-refractivity contribution in [2.24, 2.45) is 23.2 Å².